The molecule has 0 aliphatic carbocycles. The summed E-state index contributed by atoms with van der Waals surface area (Å²) in [6.45, 7) is 6.63. The minimum atomic E-state index is -0.0875. The van der Waals surface area contributed by atoms with Crippen LogP contribution in [0.25, 0.3) is 0 Å². The van der Waals surface area contributed by atoms with E-state index in [-0.39, 0.29) is 21.1 Å². The van der Waals surface area contributed by atoms with Crippen molar-refractivity contribution >= 4 is 0 Å². The Morgan fingerprint density at radius 3 is 1.46 bits per heavy atom. The molecule has 0 aromatic rings. The van der Waals surface area contributed by atoms with Crippen LogP contribution in [0.2, 0.25) is 0 Å². The molecular weight excluding hydrogens is 348 g/mol. The standard InChI is InChI=1S/C23H46O3.2CH4/c1-3-4-5-6-7-8-9-10-11-12-13-14-15-16-17-18-19-24-22(2)25-20-23-21-26-23;;/h22-23H,3-21H2,1-2H3;2*1H4. The fraction of sp³-hybridized carbons (Fsp3) is 1.00. The van der Waals surface area contributed by atoms with Crippen LogP contribution in [0.15, 0.2) is 0 Å². The van der Waals surface area contributed by atoms with E-state index in [1.807, 2.05) is 6.92 Å². The molecule has 0 bridgehead atoms. The third-order valence-electron chi connectivity index (χ3n) is 5.27. The highest BCUT2D eigenvalue weighted by Crippen LogP contribution is 2.14. The van der Waals surface area contributed by atoms with Gasteiger partial charge in [0.2, 0.25) is 0 Å². The molecule has 0 aromatic heterocycles. The molecular formula is C25H54O3. The zero-order valence-corrected chi connectivity index (χ0v) is 17.8. The average Bonchev–Trinajstić information content (AvgIpc) is 3.47. The maximum atomic E-state index is 5.66. The Labute approximate surface area is 178 Å². The molecule has 1 aliphatic heterocycles. The molecule has 1 saturated heterocycles. The fourth-order valence-corrected chi connectivity index (χ4v) is 3.35. The van der Waals surface area contributed by atoms with Crippen LogP contribution in [0, 0.1) is 0 Å². The van der Waals surface area contributed by atoms with Gasteiger partial charge in [0.25, 0.3) is 0 Å². The largest absolute Gasteiger partial charge is 0.371 e. The van der Waals surface area contributed by atoms with Gasteiger partial charge in [-0.15, -0.1) is 0 Å². The summed E-state index contributed by atoms with van der Waals surface area (Å²) in [7, 11) is 0. The summed E-state index contributed by atoms with van der Waals surface area (Å²) in [5.41, 5.74) is 0. The molecule has 3 nitrogen and oxygen atoms in total. The Balaban J connectivity index is 0. The normalized spacial score (nSPS) is 16.3. The summed E-state index contributed by atoms with van der Waals surface area (Å²) in [5, 5.41) is 0. The van der Waals surface area contributed by atoms with E-state index in [0.29, 0.717) is 12.7 Å². The van der Waals surface area contributed by atoms with Gasteiger partial charge < -0.3 is 14.2 Å². The molecule has 1 rings (SSSR count). The second-order valence-corrected chi connectivity index (χ2v) is 8.03. The minimum Gasteiger partial charge on any atom is -0.371 e. The average molecular weight is 403 g/mol. The van der Waals surface area contributed by atoms with Gasteiger partial charge in [-0.3, -0.25) is 0 Å². The van der Waals surface area contributed by atoms with E-state index >= 15 is 0 Å². The lowest BCUT2D eigenvalue weighted by Crippen LogP contribution is -2.16. The molecule has 172 valence electrons. The van der Waals surface area contributed by atoms with Crippen LogP contribution in [-0.2, 0) is 14.2 Å². The van der Waals surface area contributed by atoms with Gasteiger partial charge in [-0.1, -0.05) is 118 Å². The van der Waals surface area contributed by atoms with Crippen molar-refractivity contribution in [1.29, 1.82) is 0 Å². The number of rotatable bonds is 21. The van der Waals surface area contributed by atoms with Gasteiger partial charge in [-0.05, 0) is 13.3 Å². The lowest BCUT2D eigenvalue weighted by Gasteiger charge is -2.13. The molecule has 0 spiro atoms. The van der Waals surface area contributed by atoms with Crippen LogP contribution in [0.4, 0.5) is 0 Å². The Morgan fingerprint density at radius 1 is 0.679 bits per heavy atom. The van der Waals surface area contributed by atoms with E-state index in [4.69, 9.17) is 14.2 Å². The molecule has 0 amide bonds. The van der Waals surface area contributed by atoms with Crippen molar-refractivity contribution in [3.63, 3.8) is 0 Å². The maximum absolute atomic E-state index is 5.66. The summed E-state index contributed by atoms with van der Waals surface area (Å²) < 4.78 is 16.3. The van der Waals surface area contributed by atoms with Gasteiger partial charge in [-0.2, -0.15) is 0 Å². The predicted molar refractivity (Wildman–Crippen MR) is 124 cm³/mol. The third kappa shape index (κ3) is 22.2. The monoisotopic (exact) mass is 402 g/mol. The van der Waals surface area contributed by atoms with Crippen LogP contribution in [0.3, 0.4) is 0 Å². The van der Waals surface area contributed by atoms with Crippen molar-refractivity contribution < 1.29 is 14.2 Å². The van der Waals surface area contributed by atoms with Crippen molar-refractivity contribution in [3.05, 3.63) is 0 Å². The Hall–Kier alpha value is -0.120. The van der Waals surface area contributed by atoms with Crippen LogP contribution >= 0.6 is 0 Å². The van der Waals surface area contributed by atoms with E-state index in [1.165, 1.54) is 96.3 Å². The summed E-state index contributed by atoms with van der Waals surface area (Å²) >= 11 is 0. The highest BCUT2D eigenvalue weighted by atomic mass is 16.7. The first-order valence-electron chi connectivity index (χ1n) is 11.7. The lowest BCUT2D eigenvalue weighted by molar-refractivity contribution is -0.133. The topological polar surface area (TPSA) is 31.0 Å². The Bertz CT molecular complexity index is 279. The van der Waals surface area contributed by atoms with Crippen molar-refractivity contribution in [2.75, 3.05) is 19.8 Å². The molecule has 1 aliphatic rings. The fourth-order valence-electron chi connectivity index (χ4n) is 3.35. The zero-order chi connectivity index (χ0) is 18.7. The smallest absolute Gasteiger partial charge is 0.154 e. The summed E-state index contributed by atoms with van der Waals surface area (Å²) in [4.78, 5) is 0. The Morgan fingerprint density at radius 2 is 1.07 bits per heavy atom. The number of epoxide rings is 1. The summed E-state index contributed by atoms with van der Waals surface area (Å²) in [6.07, 6.45) is 22.7. The van der Waals surface area contributed by atoms with E-state index in [1.54, 1.807) is 0 Å². The van der Waals surface area contributed by atoms with Gasteiger partial charge in [0.15, 0.2) is 6.29 Å². The lowest BCUT2D eigenvalue weighted by atomic mass is 10.0. The van der Waals surface area contributed by atoms with Gasteiger partial charge in [-0.25, -0.2) is 0 Å². The van der Waals surface area contributed by atoms with Gasteiger partial charge in [0, 0.05) is 6.61 Å². The number of hydrogen-bond acceptors (Lipinski definition) is 3. The van der Waals surface area contributed by atoms with Crippen molar-refractivity contribution in [1.82, 2.24) is 0 Å². The van der Waals surface area contributed by atoms with E-state index in [2.05, 4.69) is 6.92 Å². The van der Waals surface area contributed by atoms with E-state index in [9.17, 15) is 0 Å². The summed E-state index contributed by atoms with van der Waals surface area (Å²) in [5.74, 6) is 0. The molecule has 0 radical (unpaired) electrons. The molecule has 1 heterocycles. The number of unbranched alkanes of at least 4 members (excludes halogenated alkanes) is 15. The quantitative estimate of drug-likeness (QED) is 0.110. The first-order valence-corrected chi connectivity index (χ1v) is 11.7. The van der Waals surface area contributed by atoms with E-state index in [0.717, 1.165) is 19.6 Å². The Kier molecular flexibility index (Phi) is 24.9. The molecule has 0 saturated carbocycles. The zero-order valence-electron chi connectivity index (χ0n) is 17.8. The van der Waals surface area contributed by atoms with Crippen LogP contribution in [-0.4, -0.2) is 32.2 Å². The summed E-state index contributed by atoms with van der Waals surface area (Å²) in [6, 6.07) is 0. The molecule has 2 atom stereocenters. The molecule has 2 unspecified atom stereocenters. The van der Waals surface area contributed by atoms with Crippen molar-refractivity contribution in [2.45, 2.75) is 144 Å². The van der Waals surface area contributed by atoms with Gasteiger partial charge in [0.1, 0.15) is 6.10 Å². The molecule has 0 N–H and O–H groups in total. The molecule has 0 aromatic carbocycles. The van der Waals surface area contributed by atoms with Crippen LogP contribution in [0.5, 0.6) is 0 Å². The van der Waals surface area contributed by atoms with Crippen molar-refractivity contribution in [2.24, 2.45) is 0 Å². The molecule has 28 heavy (non-hydrogen) atoms. The first-order chi connectivity index (χ1) is 12.8. The SMILES string of the molecule is C.C.CCCCCCCCCCCCCCCCCCOC(C)OCC1CO1. The first kappa shape index (κ1) is 30.1. The van der Waals surface area contributed by atoms with Gasteiger partial charge in [0.05, 0.1) is 13.2 Å². The molecule has 1 fully saturated rings. The third-order valence-corrected chi connectivity index (χ3v) is 5.27. The maximum Gasteiger partial charge on any atom is 0.154 e. The van der Waals surface area contributed by atoms with Crippen molar-refractivity contribution in [3.8, 4) is 0 Å². The molecule has 3 heteroatoms. The van der Waals surface area contributed by atoms with Gasteiger partial charge >= 0.3 is 0 Å². The van der Waals surface area contributed by atoms with Crippen LogP contribution < -0.4 is 0 Å². The second-order valence-electron chi connectivity index (χ2n) is 8.03. The number of ether oxygens (including phenoxy) is 3. The van der Waals surface area contributed by atoms with E-state index < -0.39 is 0 Å². The highest BCUT2D eigenvalue weighted by molar-refractivity contribution is 4.67. The number of hydrogen-bond donors (Lipinski definition) is 0. The highest BCUT2D eigenvalue weighted by Gasteiger charge is 2.23. The predicted octanol–water partition coefficient (Wildman–Crippen LogP) is 8.30. The minimum absolute atomic E-state index is 0. The second kappa shape index (κ2) is 23.2. The van der Waals surface area contributed by atoms with Crippen LogP contribution in [0.1, 0.15) is 131 Å².